The lowest BCUT2D eigenvalue weighted by molar-refractivity contribution is -0.674. The first kappa shape index (κ1) is 16.6. The maximum Gasteiger partial charge on any atom is 0.256 e. The van der Waals surface area contributed by atoms with Gasteiger partial charge in [-0.05, 0) is 47.4 Å². The zero-order valence-corrected chi connectivity index (χ0v) is 14.9. The summed E-state index contributed by atoms with van der Waals surface area (Å²) >= 11 is 1.91. The largest absolute Gasteiger partial charge is 0.545 e. The Morgan fingerprint density at radius 1 is 1.25 bits per heavy atom. The Morgan fingerprint density at radius 3 is 2.75 bits per heavy atom. The van der Waals surface area contributed by atoms with Gasteiger partial charge in [0.2, 0.25) is 0 Å². The molecule has 0 saturated carbocycles. The number of rotatable bonds is 1. The minimum absolute atomic E-state index is 0.149. The summed E-state index contributed by atoms with van der Waals surface area (Å²) in [5.74, 6) is 6.29. The van der Waals surface area contributed by atoms with Crippen molar-refractivity contribution in [2.75, 3.05) is 5.75 Å². The first-order valence-corrected chi connectivity index (χ1v) is 8.86. The van der Waals surface area contributed by atoms with Crippen molar-refractivity contribution in [3.8, 4) is 11.8 Å². The number of carbonyl (C=O) groups excluding carboxylic acids is 1. The van der Waals surface area contributed by atoms with Crippen molar-refractivity contribution in [3.05, 3.63) is 58.9 Å². The molecule has 0 fully saturated rings. The monoisotopic (exact) mass is 337 g/mol. The standard InChI is InChI=1S/C20H19NO2S/c1-20(2)10-11-24-18-9-5-14(12-17(18)20)4-7-16-8-6-15(19(22)23)13-21(16)3/h5-6,8-9,12-13H,10-11H2,1-3H3. The molecule has 2 aromatic rings. The van der Waals surface area contributed by atoms with Gasteiger partial charge in [-0.1, -0.05) is 19.8 Å². The maximum atomic E-state index is 10.9. The number of aromatic carboxylic acids is 1. The van der Waals surface area contributed by atoms with Gasteiger partial charge in [0.25, 0.3) is 5.69 Å². The molecule has 122 valence electrons. The van der Waals surface area contributed by atoms with E-state index in [1.54, 1.807) is 17.7 Å². The second-order valence-electron chi connectivity index (χ2n) is 6.64. The fourth-order valence-corrected chi connectivity index (χ4v) is 4.29. The molecule has 1 aromatic carbocycles. The number of fused-ring (bicyclic) bond motifs is 1. The Balaban J connectivity index is 1.93. The summed E-state index contributed by atoms with van der Waals surface area (Å²) in [4.78, 5) is 12.2. The van der Waals surface area contributed by atoms with Crippen molar-refractivity contribution in [1.82, 2.24) is 0 Å². The second kappa shape index (κ2) is 6.33. The highest BCUT2D eigenvalue weighted by molar-refractivity contribution is 7.99. The third-order valence-corrected chi connectivity index (χ3v) is 5.47. The zero-order valence-electron chi connectivity index (χ0n) is 14.1. The summed E-state index contributed by atoms with van der Waals surface area (Å²) < 4.78 is 1.70. The average Bonchev–Trinajstić information content (AvgIpc) is 2.53. The molecule has 0 radical (unpaired) electrons. The molecule has 0 bridgehead atoms. The molecular weight excluding hydrogens is 318 g/mol. The highest BCUT2D eigenvalue weighted by Crippen LogP contribution is 2.41. The second-order valence-corrected chi connectivity index (χ2v) is 7.78. The van der Waals surface area contributed by atoms with Gasteiger partial charge < -0.3 is 9.90 Å². The Morgan fingerprint density at radius 2 is 2.04 bits per heavy atom. The van der Waals surface area contributed by atoms with Gasteiger partial charge in [0.15, 0.2) is 6.20 Å². The number of carboxylic acids is 1. The van der Waals surface area contributed by atoms with Gasteiger partial charge in [0, 0.05) is 22.4 Å². The Labute approximate surface area is 146 Å². The molecular formula is C20H19NO2S. The van der Waals surface area contributed by atoms with E-state index in [4.69, 9.17) is 0 Å². The molecule has 3 rings (SSSR count). The minimum Gasteiger partial charge on any atom is -0.545 e. The van der Waals surface area contributed by atoms with E-state index in [-0.39, 0.29) is 11.0 Å². The maximum absolute atomic E-state index is 10.9. The zero-order chi connectivity index (χ0) is 17.3. The lowest BCUT2D eigenvalue weighted by atomic mass is 9.81. The Hall–Kier alpha value is -2.25. The predicted molar refractivity (Wildman–Crippen MR) is 92.7 cm³/mol. The van der Waals surface area contributed by atoms with Crippen molar-refractivity contribution < 1.29 is 14.5 Å². The summed E-state index contributed by atoms with van der Waals surface area (Å²) in [6, 6.07) is 9.62. The number of benzene rings is 1. The van der Waals surface area contributed by atoms with E-state index in [1.165, 1.54) is 29.1 Å². The molecule has 1 aliphatic rings. The number of aryl methyl sites for hydroxylation is 1. The van der Waals surface area contributed by atoms with Crippen LogP contribution < -0.4 is 9.67 Å². The van der Waals surface area contributed by atoms with E-state index in [0.29, 0.717) is 0 Å². The van der Waals surface area contributed by atoms with Crippen molar-refractivity contribution in [3.63, 3.8) is 0 Å². The van der Waals surface area contributed by atoms with Gasteiger partial charge in [-0.15, -0.1) is 11.8 Å². The van der Waals surface area contributed by atoms with Crippen molar-refractivity contribution in [1.29, 1.82) is 0 Å². The Bertz CT molecular complexity index is 875. The highest BCUT2D eigenvalue weighted by atomic mass is 32.2. The topological polar surface area (TPSA) is 44.0 Å². The van der Waals surface area contributed by atoms with Gasteiger partial charge in [0.1, 0.15) is 7.05 Å². The van der Waals surface area contributed by atoms with Crippen LogP contribution in [0.1, 0.15) is 47.4 Å². The van der Waals surface area contributed by atoms with Gasteiger partial charge in [-0.2, -0.15) is 4.57 Å². The third kappa shape index (κ3) is 3.32. The normalized spacial score (nSPS) is 15.1. The van der Waals surface area contributed by atoms with Gasteiger partial charge in [-0.3, -0.25) is 0 Å². The molecule has 24 heavy (non-hydrogen) atoms. The van der Waals surface area contributed by atoms with Crippen LogP contribution in [0.2, 0.25) is 0 Å². The number of aromatic nitrogens is 1. The van der Waals surface area contributed by atoms with E-state index in [0.717, 1.165) is 17.0 Å². The van der Waals surface area contributed by atoms with Crippen LogP contribution in [0.5, 0.6) is 0 Å². The molecule has 0 unspecified atom stereocenters. The molecule has 0 saturated heterocycles. The van der Waals surface area contributed by atoms with Crippen molar-refractivity contribution >= 4 is 17.7 Å². The number of hydrogen-bond acceptors (Lipinski definition) is 3. The number of pyridine rings is 1. The van der Waals surface area contributed by atoms with Crippen LogP contribution in [-0.2, 0) is 12.5 Å². The van der Waals surface area contributed by atoms with Crippen LogP contribution in [0.3, 0.4) is 0 Å². The smallest absolute Gasteiger partial charge is 0.256 e. The van der Waals surface area contributed by atoms with Crippen LogP contribution in [0.25, 0.3) is 0 Å². The molecule has 2 heterocycles. The van der Waals surface area contributed by atoms with Crippen LogP contribution in [-0.4, -0.2) is 11.7 Å². The number of nitrogens with zero attached hydrogens (tertiary/aromatic N) is 1. The molecule has 0 atom stereocenters. The van der Waals surface area contributed by atoms with E-state index in [9.17, 15) is 9.90 Å². The summed E-state index contributed by atoms with van der Waals surface area (Å²) in [6.07, 6.45) is 2.69. The quantitative estimate of drug-likeness (QED) is 0.591. The molecule has 0 spiro atoms. The summed E-state index contributed by atoms with van der Waals surface area (Å²) in [5.41, 5.74) is 3.43. The highest BCUT2D eigenvalue weighted by Gasteiger charge is 2.27. The fraction of sp³-hybridized carbons (Fsp3) is 0.300. The molecule has 0 N–H and O–H groups in total. The first-order valence-electron chi connectivity index (χ1n) is 7.87. The van der Waals surface area contributed by atoms with E-state index >= 15 is 0 Å². The summed E-state index contributed by atoms with van der Waals surface area (Å²) in [7, 11) is 1.78. The SMILES string of the molecule is C[n+]1cc(C(=O)[O-])ccc1C#Cc1ccc2c(c1)C(C)(C)CCS2. The number of thioether (sulfide) groups is 1. The van der Waals surface area contributed by atoms with Gasteiger partial charge in [-0.25, -0.2) is 0 Å². The molecule has 1 aromatic heterocycles. The summed E-state index contributed by atoms with van der Waals surface area (Å²) in [5, 5.41) is 10.9. The van der Waals surface area contributed by atoms with Crippen LogP contribution in [0.15, 0.2) is 41.4 Å². The van der Waals surface area contributed by atoms with Crippen molar-refractivity contribution in [2.24, 2.45) is 7.05 Å². The van der Waals surface area contributed by atoms with Crippen LogP contribution >= 0.6 is 11.8 Å². The lowest BCUT2D eigenvalue weighted by Gasteiger charge is -2.32. The van der Waals surface area contributed by atoms with Crippen LogP contribution in [0.4, 0.5) is 0 Å². The number of carbonyl (C=O) groups is 1. The van der Waals surface area contributed by atoms with Gasteiger partial charge in [0.05, 0.1) is 11.5 Å². The van der Waals surface area contributed by atoms with E-state index in [2.05, 4.69) is 43.9 Å². The summed E-state index contributed by atoms with van der Waals surface area (Å²) in [6.45, 7) is 4.56. The Kier molecular flexibility index (Phi) is 4.38. The number of carboxylic acid groups (broad SMARTS) is 1. The average molecular weight is 337 g/mol. The first-order chi connectivity index (χ1) is 11.4. The van der Waals surface area contributed by atoms with E-state index in [1.807, 2.05) is 11.8 Å². The molecule has 1 aliphatic heterocycles. The van der Waals surface area contributed by atoms with E-state index < -0.39 is 5.97 Å². The number of hydrogen-bond donors (Lipinski definition) is 0. The molecule has 0 amide bonds. The molecule has 4 heteroatoms. The minimum atomic E-state index is -1.18. The van der Waals surface area contributed by atoms with Crippen molar-refractivity contribution in [2.45, 2.75) is 30.6 Å². The fourth-order valence-electron chi connectivity index (χ4n) is 2.81. The lowest BCUT2D eigenvalue weighted by Crippen LogP contribution is -2.35. The third-order valence-electron chi connectivity index (χ3n) is 4.40. The van der Waals surface area contributed by atoms with Gasteiger partial charge >= 0.3 is 0 Å². The molecule has 3 nitrogen and oxygen atoms in total. The van der Waals surface area contributed by atoms with Crippen LogP contribution in [0, 0.1) is 11.8 Å². The molecule has 0 aliphatic carbocycles. The predicted octanol–water partition coefficient (Wildman–Crippen LogP) is 2.05.